The van der Waals surface area contributed by atoms with Gasteiger partial charge in [0.25, 0.3) is 0 Å². The summed E-state index contributed by atoms with van der Waals surface area (Å²) >= 11 is 0. The summed E-state index contributed by atoms with van der Waals surface area (Å²) in [7, 11) is 3.30. The number of halogens is 3. The molecule has 0 aliphatic rings. The van der Waals surface area contributed by atoms with Crippen LogP contribution in [0.4, 0.5) is 18.9 Å². The number of ether oxygens (including phenoxy) is 1. The van der Waals surface area contributed by atoms with Gasteiger partial charge < -0.3 is 4.74 Å². The maximum Gasteiger partial charge on any atom is 0.242 e. The molecule has 2 N–H and O–H groups in total. The first kappa shape index (κ1) is 20.4. The number of hydrogen-bond acceptors (Lipinski definition) is 5. The Balaban J connectivity index is 1.72. The number of pyridine rings is 1. The van der Waals surface area contributed by atoms with Gasteiger partial charge in [-0.1, -0.05) is 0 Å². The molecule has 29 heavy (non-hydrogen) atoms. The van der Waals surface area contributed by atoms with Crippen LogP contribution in [0.25, 0.3) is 11.0 Å². The Bertz CT molecular complexity index is 1100. The highest BCUT2D eigenvalue weighted by Crippen LogP contribution is 2.30. The van der Waals surface area contributed by atoms with E-state index in [1.54, 1.807) is 11.7 Å². The van der Waals surface area contributed by atoms with Crippen molar-refractivity contribution in [2.24, 2.45) is 7.05 Å². The minimum absolute atomic E-state index is 0.0652. The second-order valence-electron chi connectivity index (χ2n) is 6.53. The first-order valence-electron chi connectivity index (χ1n) is 8.79. The molecule has 0 bridgehead atoms. The summed E-state index contributed by atoms with van der Waals surface area (Å²) in [5, 5.41) is 5.06. The fourth-order valence-corrected chi connectivity index (χ4v) is 3.17. The van der Waals surface area contributed by atoms with Crippen LogP contribution in [0.15, 0.2) is 12.1 Å². The van der Waals surface area contributed by atoms with Crippen molar-refractivity contribution in [2.45, 2.75) is 26.7 Å². The molecule has 0 spiro atoms. The molecular formula is C19H20F3N5O2. The SMILES string of the molecule is COc1nn(C)c2nc(C)c(CCC(=O)NNc3ccc(F)c(F)c3F)c(C)c12. The number of anilines is 1. The number of hydrogen-bond donors (Lipinski definition) is 2. The highest BCUT2D eigenvalue weighted by atomic mass is 19.2. The van der Waals surface area contributed by atoms with Crippen LogP contribution in [0.5, 0.6) is 5.88 Å². The van der Waals surface area contributed by atoms with Crippen molar-refractivity contribution in [3.8, 4) is 5.88 Å². The lowest BCUT2D eigenvalue weighted by molar-refractivity contribution is -0.120. The van der Waals surface area contributed by atoms with E-state index in [4.69, 9.17) is 4.74 Å². The molecule has 0 atom stereocenters. The smallest absolute Gasteiger partial charge is 0.242 e. The number of methoxy groups -OCH3 is 1. The quantitative estimate of drug-likeness (QED) is 0.485. The average molecular weight is 407 g/mol. The van der Waals surface area contributed by atoms with E-state index in [1.165, 1.54) is 7.11 Å². The van der Waals surface area contributed by atoms with Gasteiger partial charge in [-0.3, -0.25) is 15.6 Å². The molecule has 0 radical (unpaired) electrons. The molecule has 0 unspecified atom stereocenters. The van der Waals surface area contributed by atoms with E-state index in [9.17, 15) is 18.0 Å². The van der Waals surface area contributed by atoms with Crippen LogP contribution in [0.1, 0.15) is 23.2 Å². The molecule has 0 aliphatic carbocycles. The largest absolute Gasteiger partial charge is 0.479 e. The number of fused-ring (bicyclic) bond motifs is 1. The minimum Gasteiger partial charge on any atom is -0.479 e. The van der Waals surface area contributed by atoms with Crippen molar-refractivity contribution in [2.75, 3.05) is 12.5 Å². The van der Waals surface area contributed by atoms with E-state index < -0.39 is 23.4 Å². The summed E-state index contributed by atoms with van der Waals surface area (Å²) in [6.45, 7) is 3.75. The molecule has 0 aliphatic heterocycles. The van der Waals surface area contributed by atoms with Gasteiger partial charge in [0.15, 0.2) is 23.1 Å². The maximum atomic E-state index is 13.6. The highest BCUT2D eigenvalue weighted by Gasteiger charge is 2.19. The Morgan fingerprint density at radius 1 is 1.21 bits per heavy atom. The number of carbonyl (C=O) groups is 1. The van der Waals surface area contributed by atoms with Crippen LogP contribution in [-0.2, 0) is 18.3 Å². The number of aromatic nitrogens is 3. The predicted molar refractivity (Wildman–Crippen MR) is 101 cm³/mol. The lowest BCUT2D eigenvalue weighted by Gasteiger charge is -2.12. The Morgan fingerprint density at radius 2 is 1.93 bits per heavy atom. The average Bonchev–Trinajstić information content (AvgIpc) is 3.01. The zero-order valence-electron chi connectivity index (χ0n) is 16.4. The molecule has 2 heterocycles. The maximum absolute atomic E-state index is 13.6. The fraction of sp³-hybridized carbons (Fsp3) is 0.316. The lowest BCUT2D eigenvalue weighted by atomic mass is 10.00. The van der Waals surface area contributed by atoms with Crippen LogP contribution >= 0.6 is 0 Å². The Labute approximate surface area is 164 Å². The number of rotatable bonds is 6. The van der Waals surface area contributed by atoms with Gasteiger partial charge >= 0.3 is 0 Å². The van der Waals surface area contributed by atoms with E-state index in [2.05, 4.69) is 20.9 Å². The molecule has 10 heteroatoms. The number of nitrogens with zero attached hydrogens (tertiary/aromatic N) is 3. The van der Waals surface area contributed by atoms with Crippen molar-refractivity contribution < 1.29 is 22.7 Å². The van der Waals surface area contributed by atoms with Crippen molar-refractivity contribution in [3.05, 3.63) is 46.4 Å². The summed E-state index contributed by atoms with van der Waals surface area (Å²) in [5.74, 6) is -4.32. The van der Waals surface area contributed by atoms with Crippen LogP contribution in [-0.4, -0.2) is 27.8 Å². The third-order valence-corrected chi connectivity index (χ3v) is 4.69. The Morgan fingerprint density at radius 3 is 2.62 bits per heavy atom. The summed E-state index contributed by atoms with van der Waals surface area (Å²) < 4.78 is 46.8. The third kappa shape index (κ3) is 3.82. The molecule has 2 aromatic heterocycles. The first-order valence-corrected chi connectivity index (χ1v) is 8.79. The predicted octanol–water partition coefficient (Wildman–Crippen LogP) is 3.09. The van der Waals surface area contributed by atoms with Crippen LogP contribution in [0.2, 0.25) is 0 Å². The van der Waals surface area contributed by atoms with Crippen molar-refractivity contribution in [3.63, 3.8) is 0 Å². The molecule has 3 rings (SSSR count). The van der Waals surface area contributed by atoms with Crippen molar-refractivity contribution in [1.82, 2.24) is 20.2 Å². The normalized spacial score (nSPS) is 11.0. The van der Waals surface area contributed by atoms with E-state index in [0.717, 1.165) is 34.3 Å². The minimum atomic E-state index is -1.61. The van der Waals surface area contributed by atoms with Gasteiger partial charge in [-0.15, -0.1) is 5.10 Å². The topological polar surface area (TPSA) is 81.1 Å². The molecule has 154 valence electrons. The number of nitrogens with one attached hydrogen (secondary N) is 2. The number of carbonyl (C=O) groups excluding carboxylic acids is 1. The van der Waals surface area contributed by atoms with Gasteiger partial charge in [0.1, 0.15) is 0 Å². The van der Waals surface area contributed by atoms with E-state index >= 15 is 0 Å². The number of benzene rings is 1. The molecule has 0 saturated carbocycles. The second kappa shape index (κ2) is 7.98. The van der Waals surface area contributed by atoms with Gasteiger partial charge in [0, 0.05) is 19.2 Å². The third-order valence-electron chi connectivity index (χ3n) is 4.69. The van der Waals surface area contributed by atoms with Crippen LogP contribution in [0, 0.1) is 31.3 Å². The molecule has 3 aromatic rings. The molecule has 1 amide bonds. The fourth-order valence-electron chi connectivity index (χ4n) is 3.17. The van der Waals surface area contributed by atoms with E-state index in [-0.39, 0.29) is 12.1 Å². The van der Waals surface area contributed by atoms with Crippen molar-refractivity contribution in [1.29, 1.82) is 0 Å². The van der Waals surface area contributed by atoms with Gasteiger partial charge in [0.05, 0.1) is 18.2 Å². The van der Waals surface area contributed by atoms with E-state index in [1.807, 2.05) is 13.8 Å². The standard InChI is InChI=1S/C19H20F3N5O2/c1-9-11(10(2)23-18-15(9)19(29-4)26-27(18)3)5-8-14(28)25-24-13-7-6-12(20)16(21)17(13)22/h6-7,24H,5,8H2,1-4H3,(H,25,28). The first-order chi connectivity index (χ1) is 13.7. The molecular weight excluding hydrogens is 387 g/mol. The van der Waals surface area contributed by atoms with Crippen LogP contribution in [0.3, 0.4) is 0 Å². The second-order valence-corrected chi connectivity index (χ2v) is 6.53. The Hall–Kier alpha value is -3.30. The monoisotopic (exact) mass is 407 g/mol. The summed E-state index contributed by atoms with van der Waals surface area (Å²) in [6.07, 6.45) is 0.433. The molecule has 7 nitrogen and oxygen atoms in total. The molecule has 1 aromatic carbocycles. The van der Waals surface area contributed by atoms with Gasteiger partial charge in [0.2, 0.25) is 11.8 Å². The lowest BCUT2D eigenvalue weighted by Crippen LogP contribution is -2.30. The summed E-state index contributed by atoms with van der Waals surface area (Å²) in [6, 6.07) is 1.76. The van der Waals surface area contributed by atoms with Crippen LogP contribution < -0.4 is 15.6 Å². The number of aryl methyl sites for hydroxylation is 3. The van der Waals surface area contributed by atoms with Gasteiger partial charge in [-0.05, 0) is 43.5 Å². The number of amides is 1. The summed E-state index contributed by atoms with van der Waals surface area (Å²) in [4.78, 5) is 16.7. The molecule has 0 fully saturated rings. The zero-order chi connectivity index (χ0) is 21.3. The van der Waals surface area contributed by atoms with Gasteiger partial charge in [-0.2, -0.15) is 0 Å². The van der Waals surface area contributed by atoms with Crippen molar-refractivity contribution >= 4 is 22.6 Å². The number of hydrazine groups is 1. The van der Waals surface area contributed by atoms with Gasteiger partial charge in [-0.25, -0.2) is 22.8 Å². The van der Waals surface area contributed by atoms with E-state index in [0.29, 0.717) is 17.9 Å². The highest BCUT2D eigenvalue weighted by molar-refractivity contribution is 5.86. The zero-order valence-corrected chi connectivity index (χ0v) is 16.4. The summed E-state index contributed by atoms with van der Waals surface area (Å²) in [5.41, 5.74) is 7.40. The Kier molecular flexibility index (Phi) is 5.62. The molecule has 0 saturated heterocycles.